The van der Waals surface area contributed by atoms with Gasteiger partial charge in [0.15, 0.2) is 0 Å². The van der Waals surface area contributed by atoms with Crippen LogP contribution in [0.25, 0.3) is 0 Å². The van der Waals surface area contributed by atoms with Crippen molar-refractivity contribution in [3.63, 3.8) is 0 Å². The smallest absolute Gasteiger partial charge is 0.254 e. The second-order valence-corrected chi connectivity index (χ2v) is 12.7. The Labute approximate surface area is 214 Å². The van der Waals surface area contributed by atoms with Gasteiger partial charge in [-0.1, -0.05) is 6.92 Å². The van der Waals surface area contributed by atoms with Gasteiger partial charge in [-0.2, -0.15) is 0 Å². The molecule has 0 spiro atoms. The molecule has 1 amide bonds. The minimum atomic E-state index is -0.812. The van der Waals surface area contributed by atoms with Crippen LogP contribution < -0.4 is 5.32 Å². The Morgan fingerprint density at radius 1 is 1.11 bits per heavy atom. The highest BCUT2D eigenvalue weighted by atomic mass is 19.1. The Hall–Kier alpha value is -1.53. The number of nitrogens with one attached hydrogen (secondary N) is 1. The van der Waals surface area contributed by atoms with Crippen LogP contribution in [-0.2, 0) is 4.74 Å². The highest BCUT2D eigenvalue weighted by Crippen LogP contribution is 2.65. The van der Waals surface area contributed by atoms with Crippen LogP contribution in [0.15, 0.2) is 18.2 Å². The molecular weight excluding hydrogens is 460 g/mol. The Bertz CT molecular complexity index is 972. The summed E-state index contributed by atoms with van der Waals surface area (Å²) in [6.45, 7) is 7.60. The van der Waals surface area contributed by atoms with Crippen LogP contribution in [-0.4, -0.2) is 35.9 Å². The molecule has 200 valence electrons. The van der Waals surface area contributed by atoms with Crippen LogP contribution in [0.1, 0.15) is 88.9 Å². The monoisotopic (exact) mass is 503 g/mol. The number of halogens is 2. The maximum absolute atomic E-state index is 14.2. The second kappa shape index (κ2) is 9.98. The molecule has 0 radical (unpaired) electrons. The van der Waals surface area contributed by atoms with E-state index in [0.29, 0.717) is 36.9 Å². The van der Waals surface area contributed by atoms with E-state index in [1.54, 1.807) is 0 Å². The third-order valence-corrected chi connectivity index (χ3v) is 10.9. The molecule has 0 heterocycles. The lowest BCUT2D eigenvalue weighted by atomic mass is 9.48. The van der Waals surface area contributed by atoms with Gasteiger partial charge in [-0.05, 0) is 125 Å². The summed E-state index contributed by atoms with van der Waals surface area (Å²) in [5.41, 5.74) is -0.568. The van der Waals surface area contributed by atoms with E-state index in [1.807, 2.05) is 6.92 Å². The average molecular weight is 504 g/mol. The van der Waals surface area contributed by atoms with Gasteiger partial charge in [0.2, 0.25) is 0 Å². The van der Waals surface area contributed by atoms with E-state index in [4.69, 9.17) is 4.74 Å². The van der Waals surface area contributed by atoms with Gasteiger partial charge < -0.3 is 15.2 Å². The molecule has 0 saturated heterocycles. The van der Waals surface area contributed by atoms with Crippen molar-refractivity contribution in [2.24, 2.45) is 40.9 Å². The van der Waals surface area contributed by atoms with Crippen LogP contribution in [0.2, 0.25) is 0 Å². The summed E-state index contributed by atoms with van der Waals surface area (Å²) in [4.78, 5) is 12.8. The molecule has 0 bridgehead atoms. The van der Waals surface area contributed by atoms with Crippen molar-refractivity contribution in [3.8, 4) is 0 Å². The highest BCUT2D eigenvalue weighted by molar-refractivity contribution is 5.94. The number of benzene rings is 1. The molecule has 4 fully saturated rings. The number of rotatable bonds is 6. The molecule has 0 aliphatic heterocycles. The average Bonchev–Trinajstić information content (AvgIpc) is 3.19. The number of hydrogen-bond acceptors (Lipinski definition) is 3. The molecule has 1 aromatic rings. The summed E-state index contributed by atoms with van der Waals surface area (Å²) in [7, 11) is 0. The van der Waals surface area contributed by atoms with E-state index >= 15 is 0 Å². The highest BCUT2D eigenvalue weighted by Gasteiger charge is 2.58. The van der Waals surface area contributed by atoms with Crippen molar-refractivity contribution in [3.05, 3.63) is 35.4 Å². The maximum Gasteiger partial charge on any atom is 0.254 e. The first-order valence-corrected chi connectivity index (χ1v) is 14.2. The first kappa shape index (κ1) is 26.1. The summed E-state index contributed by atoms with van der Waals surface area (Å²) >= 11 is 0. The van der Waals surface area contributed by atoms with Crippen LogP contribution in [0.4, 0.5) is 8.78 Å². The molecular formula is C30H43F2NO3. The lowest BCUT2D eigenvalue weighted by Gasteiger charge is -2.57. The van der Waals surface area contributed by atoms with Crippen molar-refractivity contribution in [2.45, 2.75) is 90.2 Å². The number of carbonyl (C=O) groups is 1. The van der Waals surface area contributed by atoms with E-state index < -0.39 is 23.1 Å². The molecule has 4 nitrogen and oxygen atoms in total. The molecule has 9 atom stereocenters. The summed E-state index contributed by atoms with van der Waals surface area (Å²) in [5.74, 6) is 1.87. The standard InChI is InChI=1S/C30H43F2NO3/c1-4-36-17-30(35)14-12-21-19(16-30)5-7-23-22(21)11-13-29(3)25(9-10-26(23)29)18(2)33-28(34)24-8-6-20(31)15-27(24)32/h6,8,15,18-19,21-23,25-26,35H,4-5,7,9-14,16-17H2,1-3H3,(H,33,34)/t18-,19-,21+,22-,23-,25-,26+,29-,30-/m1/s1. The normalized spacial score (nSPS) is 40.6. The summed E-state index contributed by atoms with van der Waals surface area (Å²) in [5, 5.41) is 14.2. The first-order chi connectivity index (χ1) is 17.1. The van der Waals surface area contributed by atoms with E-state index in [-0.39, 0.29) is 17.0 Å². The van der Waals surface area contributed by atoms with E-state index in [0.717, 1.165) is 49.7 Å². The Morgan fingerprint density at radius 3 is 2.64 bits per heavy atom. The summed E-state index contributed by atoms with van der Waals surface area (Å²) in [6.07, 6.45) is 9.96. The largest absolute Gasteiger partial charge is 0.387 e. The van der Waals surface area contributed by atoms with Crippen molar-refractivity contribution >= 4 is 5.91 Å². The fraction of sp³-hybridized carbons (Fsp3) is 0.767. The molecule has 5 rings (SSSR count). The van der Waals surface area contributed by atoms with Crippen molar-refractivity contribution in [1.82, 2.24) is 5.32 Å². The fourth-order valence-electron chi connectivity index (χ4n) is 9.31. The lowest BCUT2D eigenvalue weighted by molar-refractivity contribution is -0.128. The third kappa shape index (κ3) is 4.62. The summed E-state index contributed by atoms with van der Waals surface area (Å²) in [6, 6.07) is 3.08. The van der Waals surface area contributed by atoms with Gasteiger partial charge in [-0.3, -0.25) is 4.79 Å². The zero-order valence-electron chi connectivity index (χ0n) is 22.1. The topological polar surface area (TPSA) is 58.6 Å². The van der Waals surface area contributed by atoms with Gasteiger partial charge in [0.25, 0.3) is 5.91 Å². The quantitative estimate of drug-likeness (QED) is 0.492. The van der Waals surface area contributed by atoms with Crippen LogP contribution >= 0.6 is 0 Å². The minimum absolute atomic E-state index is 0.0620. The van der Waals surface area contributed by atoms with Crippen LogP contribution in [0.5, 0.6) is 0 Å². The molecule has 6 heteroatoms. The maximum atomic E-state index is 14.2. The van der Waals surface area contributed by atoms with Gasteiger partial charge >= 0.3 is 0 Å². The zero-order chi connectivity index (χ0) is 25.7. The van der Waals surface area contributed by atoms with E-state index in [2.05, 4.69) is 19.2 Å². The van der Waals surface area contributed by atoms with Gasteiger partial charge in [-0.25, -0.2) is 8.78 Å². The zero-order valence-corrected chi connectivity index (χ0v) is 22.1. The molecule has 2 N–H and O–H groups in total. The predicted octanol–water partition coefficient (Wildman–Crippen LogP) is 6.12. The summed E-state index contributed by atoms with van der Waals surface area (Å²) < 4.78 is 33.1. The van der Waals surface area contributed by atoms with Gasteiger partial charge in [-0.15, -0.1) is 0 Å². The fourth-order valence-corrected chi connectivity index (χ4v) is 9.31. The molecule has 1 aromatic carbocycles. The SMILES string of the molecule is CCOC[C@@]1(O)CC[C@H]2[C@H](CC[C@@H]3[C@@H]2CC[C@]2(C)[C@@H]([C@@H](C)NC(=O)c4ccc(F)cc4F)CC[C@@H]32)C1. The van der Waals surface area contributed by atoms with Crippen LogP contribution in [0.3, 0.4) is 0 Å². The van der Waals surface area contributed by atoms with Crippen molar-refractivity contribution in [1.29, 1.82) is 0 Å². The van der Waals surface area contributed by atoms with Crippen molar-refractivity contribution in [2.75, 3.05) is 13.2 Å². The van der Waals surface area contributed by atoms with Gasteiger partial charge in [0.05, 0.1) is 17.8 Å². The predicted molar refractivity (Wildman–Crippen MR) is 135 cm³/mol. The Morgan fingerprint density at radius 2 is 1.89 bits per heavy atom. The van der Waals surface area contributed by atoms with Gasteiger partial charge in [0.1, 0.15) is 11.6 Å². The van der Waals surface area contributed by atoms with Crippen LogP contribution in [0, 0.1) is 52.6 Å². The second-order valence-electron chi connectivity index (χ2n) is 12.7. The van der Waals surface area contributed by atoms with Gasteiger partial charge in [0, 0.05) is 18.7 Å². The molecule has 36 heavy (non-hydrogen) atoms. The van der Waals surface area contributed by atoms with E-state index in [9.17, 15) is 18.7 Å². The number of fused-ring (bicyclic) bond motifs is 5. The Balaban J connectivity index is 1.25. The molecule has 4 aliphatic carbocycles. The number of aliphatic hydroxyl groups is 1. The lowest BCUT2D eigenvalue weighted by Crippen LogP contribution is -2.53. The third-order valence-electron chi connectivity index (χ3n) is 10.9. The molecule has 4 aliphatic rings. The Kier molecular flexibility index (Phi) is 7.23. The van der Waals surface area contributed by atoms with Crippen molar-refractivity contribution < 1.29 is 23.4 Å². The molecule has 0 unspecified atom stereocenters. The molecule has 0 aromatic heterocycles. The van der Waals surface area contributed by atoms with E-state index in [1.165, 1.54) is 38.2 Å². The number of ether oxygens (including phenoxy) is 1. The number of carbonyl (C=O) groups excluding carboxylic acids is 1. The number of amides is 1. The minimum Gasteiger partial charge on any atom is -0.387 e. The molecule has 4 saturated carbocycles. The number of hydrogen-bond donors (Lipinski definition) is 2. The first-order valence-electron chi connectivity index (χ1n) is 14.2.